The molecule has 2 rings (SSSR count). The van der Waals surface area contributed by atoms with Crippen LogP contribution < -0.4 is 10.1 Å². The zero-order chi connectivity index (χ0) is 15.4. The lowest BCUT2D eigenvalue weighted by atomic mass is 10.0. The van der Waals surface area contributed by atoms with Crippen LogP contribution in [0.4, 0.5) is 0 Å². The maximum Gasteiger partial charge on any atom is 0.254 e. The molecule has 21 heavy (non-hydrogen) atoms. The van der Waals surface area contributed by atoms with Gasteiger partial charge in [-0.3, -0.25) is 4.79 Å². The SMILES string of the molecule is COc1ccc(C(=O)N(C(C)C)C2CCCNC2)cc1O. The van der Waals surface area contributed by atoms with Crippen molar-refractivity contribution in [1.82, 2.24) is 10.2 Å². The first-order valence-electron chi connectivity index (χ1n) is 7.45. The average molecular weight is 292 g/mol. The molecular weight excluding hydrogens is 268 g/mol. The third-order valence-corrected chi connectivity index (χ3v) is 3.88. The Labute approximate surface area is 125 Å². The van der Waals surface area contributed by atoms with Crippen LogP contribution >= 0.6 is 0 Å². The third kappa shape index (κ3) is 3.47. The van der Waals surface area contributed by atoms with E-state index >= 15 is 0 Å². The van der Waals surface area contributed by atoms with Gasteiger partial charge in [0.05, 0.1) is 7.11 Å². The summed E-state index contributed by atoms with van der Waals surface area (Å²) in [6, 6.07) is 5.13. The van der Waals surface area contributed by atoms with Gasteiger partial charge in [-0.2, -0.15) is 0 Å². The number of nitrogens with zero attached hydrogens (tertiary/aromatic N) is 1. The van der Waals surface area contributed by atoms with Crippen LogP contribution in [0.2, 0.25) is 0 Å². The lowest BCUT2D eigenvalue weighted by Gasteiger charge is -2.37. The van der Waals surface area contributed by atoms with Crippen LogP contribution in [-0.2, 0) is 0 Å². The predicted octanol–water partition coefficient (Wildman–Crippen LogP) is 2.00. The number of nitrogens with one attached hydrogen (secondary N) is 1. The van der Waals surface area contributed by atoms with Crippen LogP contribution in [0.5, 0.6) is 11.5 Å². The summed E-state index contributed by atoms with van der Waals surface area (Å²) in [5, 5.41) is 13.2. The smallest absolute Gasteiger partial charge is 0.254 e. The summed E-state index contributed by atoms with van der Waals surface area (Å²) in [6.07, 6.45) is 2.09. The Morgan fingerprint density at radius 3 is 2.76 bits per heavy atom. The molecule has 1 aliphatic rings. The van der Waals surface area contributed by atoms with Crippen molar-refractivity contribution in [3.05, 3.63) is 23.8 Å². The number of amides is 1. The van der Waals surface area contributed by atoms with Gasteiger partial charge in [0.15, 0.2) is 11.5 Å². The van der Waals surface area contributed by atoms with Crippen molar-refractivity contribution in [3.8, 4) is 11.5 Å². The number of phenols is 1. The molecule has 1 aliphatic heterocycles. The highest BCUT2D eigenvalue weighted by Crippen LogP contribution is 2.27. The van der Waals surface area contributed by atoms with E-state index in [1.807, 2.05) is 18.7 Å². The largest absolute Gasteiger partial charge is 0.504 e. The molecular formula is C16H24N2O3. The molecule has 116 valence electrons. The molecule has 1 atom stereocenters. The second kappa shape index (κ2) is 6.80. The van der Waals surface area contributed by atoms with Crippen LogP contribution in [0.3, 0.4) is 0 Å². The highest BCUT2D eigenvalue weighted by atomic mass is 16.5. The number of methoxy groups -OCH3 is 1. The van der Waals surface area contributed by atoms with Crippen molar-refractivity contribution >= 4 is 5.91 Å². The lowest BCUT2D eigenvalue weighted by Crippen LogP contribution is -2.51. The summed E-state index contributed by atoms with van der Waals surface area (Å²) in [6.45, 7) is 5.89. The molecule has 0 saturated carbocycles. The van der Waals surface area contributed by atoms with Crippen LogP contribution in [0.1, 0.15) is 37.0 Å². The van der Waals surface area contributed by atoms with E-state index in [1.54, 1.807) is 12.1 Å². The molecule has 1 aromatic rings. The number of hydrogen-bond donors (Lipinski definition) is 2. The Hall–Kier alpha value is -1.75. The number of hydrogen-bond acceptors (Lipinski definition) is 4. The monoisotopic (exact) mass is 292 g/mol. The van der Waals surface area contributed by atoms with Crippen LogP contribution in [-0.4, -0.2) is 48.2 Å². The molecule has 0 spiro atoms. The molecule has 1 saturated heterocycles. The molecule has 1 heterocycles. The third-order valence-electron chi connectivity index (χ3n) is 3.88. The molecule has 1 fully saturated rings. The van der Waals surface area contributed by atoms with Crippen molar-refractivity contribution in [1.29, 1.82) is 0 Å². The Morgan fingerprint density at radius 2 is 2.24 bits per heavy atom. The van der Waals surface area contributed by atoms with Gasteiger partial charge in [-0.15, -0.1) is 0 Å². The fraction of sp³-hybridized carbons (Fsp3) is 0.562. The zero-order valence-electron chi connectivity index (χ0n) is 12.9. The highest BCUT2D eigenvalue weighted by Gasteiger charge is 2.28. The molecule has 5 heteroatoms. The lowest BCUT2D eigenvalue weighted by molar-refractivity contribution is 0.0573. The zero-order valence-corrected chi connectivity index (χ0v) is 12.9. The van der Waals surface area contributed by atoms with Crippen LogP contribution in [0.25, 0.3) is 0 Å². The highest BCUT2D eigenvalue weighted by molar-refractivity contribution is 5.95. The van der Waals surface area contributed by atoms with Gasteiger partial charge in [0.1, 0.15) is 0 Å². The second-order valence-corrected chi connectivity index (χ2v) is 5.69. The van der Waals surface area contributed by atoms with Gasteiger partial charge < -0.3 is 20.1 Å². The van der Waals surface area contributed by atoms with Gasteiger partial charge in [-0.05, 0) is 51.4 Å². The molecule has 1 amide bonds. The summed E-state index contributed by atoms with van der Waals surface area (Å²) in [4.78, 5) is 14.7. The minimum absolute atomic E-state index is 0.00572. The number of carbonyl (C=O) groups excluding carboxylic acids is 1. The summed E-state index contributed by atoms with van der Waals surface area (Å²) in [5.74, 6) is 0.326. The van der Waals surface area contributed by atoms with Crippen molar-refractivity contribution in [2.24, 2.45) is 0 Å². The Morgan fingerprint density at radius 1 is 1.48 bits per heavy atom. The van der Waals surface area contributed by atoms with Crippen molar-refractivity contribution < 1.29 is 14.6 Å². The molecule has 1 unspecified atom stereocenters. The van der Waals surface area contributed by atoms with E-state index in [4.69, 9.17) is 4.74 Å². The van der Waals surface area contributed by atoms with Gasteiger partial charge in [0.25, 0.3) is 5.91 Å². The van der Waals surface area contributed by atoms with Gasteiger partial charge in [0, 0.05) is 24.2 Å². The van der Waals surface area contributed by atoms with E-state index in [0.717, 1.165) is 25.9 Å². The maximum atomic E-state index is 12.8. The number of piperidine rings is 1. The number of carbonyl (C=O) groups is 1. The topological polar surface area (TPSA) is 61.8 Å². The van der Waals surface area contributed by atoms with E-state index in [9.17, 15) is 9.90 Å². The van der Waals surface area contributed by atoms with Crippen molar-refractivity contribution in [3.63, 3.8) is 0 Å². The van der Waals surface area contributed by atoms with E-state index < -0.39 is 0 Å². The molecule has 5 nitrogen and oxygen atoms in total. The van der Waals surface area contributed by atoms with Gasteiger partial charge >= 0.3 is 0 Å². The minimum Gasteiger partial charge on any atom is -0.504 e. The Kier molecular flexibility index (Phi) is 5.07. The number of aromatic hydroxyl groups is 1. The predicted molar refractivity (Wildman–Crippen MR) is 81.9 cm³/mol. The van der Waals surface area contributed by atoms with Crippen LogP contribution in [0.15, 0.2) is 18.2 Å². The second-order valence-electron chi connectivity index (χ2n) is 5.69. The standard InChI is InChI=1S/C16H24N2O3/c1-11(2)18(13-5-4-8-17-10-13)16(20)12-6-7-15(21-3)14(19)9-12/h6-7,9,11,13,17,19H,4-5,8,10H2,1-3H3. The molecule has 0 aliphatic carbocycles. The number of phenolic OH excluding ortho intramolecular Hbond substituents is 1. The Bertz CT molecular complexity index is 496. The molecule has 0 bridgehead atoms. The van der Waals surface area contributed by atoms with Gasteiger partial charge in [-0.1, -0.05) is 0 Å². The van der Waals surface area contributed by atoms with E-state index in [2.05, 4.69) is 5.32 Å². The van der Waals surface area contributed by atoms with Gasteiger partial charge in [-0.25, -0.2) is 0 Å². The number of benzene rings is 1. The minimum atomic E-state index is -0.0448. The summed E-state index contributed by atoms with van der Waals surface area (Å²) >= 11 is 0. The van der Waals surface area contributed by atoms with E-state index in [0.29, 0.717) is 11.3 Å². The first-order valence-corrected chi connectivity index (χ1v) is 7.45. The first-order chi connectivity index (χ1) is 10.0. The first kappa shape index (κ1) is 15.6. The molecule has 2 N–H and O–H groups in total. The maximum absolute atomic E-state index is 12.8. The summed E-state index contributed by atoms with van der Waals surface area (Å²) < 4.78 is 5.02. The molecule has 0 radical (unpaired) electrons. The average Bonchev–Trinajstić information content (AvgIpc) is 2.48. The van der Waals surface area contributed by atoms with Gasteiger partial charge in [0.2, 0.25) is 0 Å². The van der Waals surface area contributed by atoms with E-state index in [-0.39, 0.29) is 23.7 Å². The van der Waals surface area contributed by atoms with E-state index in [1.165, 1.54) is 13.2 Å². The summed E-state index contributed by atoms with van der Waals surface area (Å²) in [5.41, 5.74) is 0.493. The fourth-order valence-electron chi connectivity index (χ4n) is 2.86. The Balaban J connectivity index is 2.23. The number of ether oxygens (including phenoxy) is 1. The normalized spacial score (nSPS) is 18.6. The number of rotatable bonds is 4. The van der Waals surface area contributed by atoms with Crippen molar-refractivity contribution in [2.45, 2.75) is 38.8 Å². The van der Waals surface area contributed by atoms with Crippen molar-refractivity contribution in [2.75, 3.05) is 20.2 Å². The molecule has 1 aromatic carbocycles. The summed E-state index contributed by atoms with van der Waals surface area (Å²) in [7, 11) is 1.49. The van der Waals surface area contributed by atoms with Crippen LogP contribution in [0, 0.1) is 0 Å². The quantitative estimate of drug-likeness (QED) is 0.891. The fourth-order valence-corrected chi connectivity index (χ4v) is 2.86. The molecule has 0 aromatic heterocycles.